The van der Waals surface area contributed by atoms with E-state index in [1.165, 1.54) is 0 Å². The summed E-state index contributed by atoms with van der Waals surface area (Å²) in [6, 6.07) is 2.14. The number of aromatic nitrogens is 5. The maximum absolute atomic E-state index is 13.3. The van der Waals surface area contributed by atoms with Crippen LogP contribution in [-0.2, 0) is 6.54 Å². The molecule has 0 bridgehead atoms. The first-order chi connectivity index (χ1) is 12.6. The summed E-state index contributed by atoms with van der Waals surface area (Å²) in [5, 5.41) is 10.8. The molecule has 8 heteroatoms. The fraction of sp³-hybridized carbons (Fsp3) is 0.444. The third-order valence-corrected chi connectivity index (χ3v) is 5.79. The highest BCUT2D eigenvalue weighted by molar-refractivity contribution is 7.12. The second-order valence-electron chi connectivity index (χ2n) is 6.71. The van der Waals surface area contributed by atoms with E-state index in [0.29, 0.717) is 6.54 Å². The molecule has 3 aromatic rings. The lowest BCUT2D eigenvalue weighted by Crippen LogP contribution is -2.46. The van der Waals surface area contributed by atoms with Gasteiger partial charge in [0.2, 0.25) is 0 Å². The average Bonchev–Trinajstić information content (AvgIpc) is 3.37. The summed E-state index contributed by atoms with van der Waals surface area (Å²) in [6.45, 7) is 5.50. The third kappa shape index (κ3) is 3.05. The molecule has 3 aromatic heterocycles. The van der Waals surface area contributed by atoms with Gasteiger partial charge in [-0.05, 0) is 39.2 Å². The van der Waals surface area contributed by atoms with Crippen molar-refractivity contribution in [1.29, 1.82) is 0 Å². The number of hydrogen-bond donors (Lipinski definition) is 0. The molecule has 136 valence electrons. The standard InChI is InChI=1S/C18H22N6OS/c1-13-11-16(14(2)24(13)18-19-7-10-26-18)17(25)23-8-4-3-5-15(23)12-22-9-6-20-21-22/h6-7,9-11,15H,3-5,8,12H2,1-2H3/t15-/m0/s1. The Kier molecular flexibility index (Phi) is 4.58. The van der Waals surface area contributed by atoms with Gasteiger partial charge in [0, 0.05) is 35.7 Å². The van der Waals surface area contributed by atoms with Crippen LogP contribution in [0.2, 0.25) is 0 Å². The van der Waals surface area contributed by atoms with E-state index in [0.717, 1.165) is 47.9 Å². The monoisotopic (exact) mass is 370 g/mol. The normalized spacial score (nSPS) is 17.6. The zero-order chi connectivity index (χ0) is 18.1. The van der Waals surface area contributed by atoms with Crippen molar-refractivity contribution in [1.82, 2.24) is 29.4 Å². The van der Waals surface area contributed by atoms with Crippen molar-refractivity contribution in [3.8, 4) is 5.13 Å². The second kappa shape index (κ2) is 7.03. The number of likely N-dealkylation sites (tertiary alicyclic amines) is 1. The molecule has 1 aliphatic heterocycles. The van der Waals surface area contributed by atoms with Gasteiger partial charge in [-0.15, -0.1) is 16.4 Å². The molecule has 0 radical (unpaired) electrons. The Balaban J connectivity index is 1.62. The molecule has 4 rings (SSSR count). The number of rotatable bonds is 4. The molecule has 0 aliphatic carbocycles. The van der Waals surface area contributed by atoms with Gasteiger partial charge in [-0.2, -0.15) is 0 Å². The lowest BCUT2D eigenvalue weighted by molar-refractivity contribution is 0.0582. The van der Waals surface area contributed by atoms with Crippen molar-refractivity contribution in [2.24, 2.45) is 0 Å². The van der Waals surface area contributed by atoms with E-state index < -0.39 is 0 Å². The number of carbonyl (C=O) groups is 1. The quantitative estimate of drug-likeness (QED) is 0.708. The fourth-order valence-electron chi connectivity index (χ4n) is 3.76. The molecule has 0 spiro atoms. The number of carbonyl (C=O) groups excluding carboxylic acids is 1. The van der Waals surface area contributed by atoms with Crippen LogP contribution in [0.3, 0.4) is 0 Å². The van der Waals surface area contributed by atoms with Gasteiger partial charge in [0.15, 0.2) is 5.13 Å². The van der Waals surface area contributed by atoms with E-state index in [-0.39, 0.29) is 11.9 Å². The van der Waals surface area contributed by atoms with Gasteiger partial charge in [0.25, 0.3) is 5.91 Å². The maximum atomic E-state index is 13.3. The number of thiazole rings is 1. The summed E-state index contributed by atoms with van der Waals surface area (Å²) in [6.07, 6.45) is 8.50. The summed E-state index contributed by atoms with van der Waals surface area (Å²) >= 11 is 1.58. The minimum absolute atomic E-state index is 0.103. The van der Waals surface area contributed by atoms with Crippen LogP contribution < -0.4 is 0 Å². The third-order valence-electron chi connectivity index (χ3n) is 5.03. The van der Waals surface area contributed by atoms with Crippen LogP contribution in [0.4, 0.5) is 0 Å². The second-order valence-corrected chi connectivity index (χ2v) is 7.58. The maximum Gasteiger partial charge on any atom is 0.256 e. The SMILES string of the molecule is Cc1cc(C(=O)N2CCCC[C@H]2Cn2ccnn2)c(C)n1-c1nccs1. The minimum atomic E-state index is 0.103. The minimum Gasteiger partial charge on any atom is -0.334 e. The Morgan fingerprint density at radius 1 is 1.31 bits per heavy atom. The molecule has 1 atom stereocenters. The highest BCUT2D eigenvalue weighted by Gasteiger charge is 2.30. The molecule has 1 saturated heterocycles. The van der Waals surface area contributed by atoms with Crippen LogP contribution in [0.15, 0.2) is 30.0 Å². The van der Waals surface area contributed by atoms with Gasteiger partial charge in [0.05, 0.1) is 24.3 Å². The molecule has 7 nitrogen and oxygen atoms in total. The Morgan fingerprint density at radius 2 is 2.19 bits per heavy atom. The zero-order valence-corrected chi connectivity index (χ0v) is 15.8. The molecule has 0 aromatic carbocycles. The first kappa shape index (κ1) is 17.0. The van der Waals surface area contributed by atoms with E-state index >= 15 is 0 Å². The predicted octanol–water partition coefficient (Wildman–Crippen LogP) is 2.84. The molecule has 1 aliphatic rings. The summed E-state index contributed by atoms with van der Waals surface area (Å²) in [7, 11) is 0. The zero-order valence-electron chi connectivity index (χ0n) is 15.0. The number of nitrogens with zero attached hydrogens (tertiary/aromatic N) is 6. The van der Waals surface area contributed by atoms with Crippen LogP contribution in [0, 0.1) is 13.8 Å². The Labute approximate surface area is 156 Å². The van der Waals surface area contributed by atoms with Gasteiger partial charge >= 0.3 is 0 Å². The first-order valence-electron chi connectivity index (χ1n) is 8.89. The van der Waals surface area contributed by atoms with E-state index in [1.807, 2.05) is 41.1 Å². The van der Waals surface area contributed by atoms with Gasteiger partial charge in [-0.1, -0.05) is 5.21 Å². The molecule has 1 amide bonds. The highest BCUT2D eigenvalue weighted by Crippen LogP contribution is 2.26. The van der Waals surface area contributed by atoms with Crippen molar-refractivity contribution in [2.45, 2.75) is 45.7 Å². The number of aryl methyl sites for hydroxylation is 1. The lowest BCUT2D eigenvalue weighted by Gasteiger charge is -2.35. The number of hydrogen-bond acceptors (Lipinski definition) is 5. The lowest BCUT2D eigenvalue weighted by atomic mass is 10.0. The number of amides is 1. The molecule has 4 heterocycles. The largest absolute Gasteiger partial charge is 0.334 e. The van der Waals surface area contributed by atoms with E-state index in [2.05, 4.69) is 19.9 Å². The number of piperidine rings is 1. The predicted molar refractivity (Wildman–Crippen MR) is 99.6 cm³/mol. The van der Waals surface area contributed by atoms with Crippen LogP contribution >= 0.6 is 11.3 Å². The highest BCUT2D eigenvalue weighted by atomic mass is 32.1. The smallest absolute Gasteiger partial charge is 0.256 e. The van der Waals surface area contributed by atoms with Gasteiger partial charge < -0.3 is 4.90 Å². The van der Waals surface area contributed by atoms with Crippen molar-refractivity contribution in [3.63, 3.8) is 0 Å². The van der Waals surface area contributed by atoms with E-state index in [4.69, 9.17) is 0 Å². The summed E-state index contributed by atoms with van der Waals surface area (Å²) < 4.78 is 3.88. The average molecular weight is 370 g/mol. The van der Waals surface area contributed by atoms with Gasteiger partial charge in [0.1, 0.15) is 0 Å². The molecule has 26 heavy (non-hydrogen) atoms. The molecule has 0 unspecified atom stereocenters. The van der Waals surface area contributed by atoms with Gasteiger partial charge in [-0.3, -0.25) is 14.0 Å². The molecule has 0 saturated carbocycles. The van der Waals surface area contributed by atoms with Crippen molar-refractivity contribution in [2.75, 3.05) is 6.54 Å². The summed E-state index contributed by atoms with van der Waals surface area (Å²) in [4.78, 5) is 19.8. The van der Waals surface area contributed by atoms with Crippen molar-refractivity contribution < 1.29 is 4.79 Å². The van der Waals surface area contributed by atoms with Crippen LogP contribution in [0.1, 0.15) is 41.0 Å². The van der Waals surface area contributed by atoms with Crippen molar-refractivity contribution in [3.05, 3.63) is 47.0 Å². The van der Waals surface area contributed by atoms with Crippen LogP contribution in [0.25, 0.3) is 5.13 Å². The van der Waals surface area contributed by atoms with E-state index in [9.17, 15) is 4.79 Å². The van der Waals surface area contributed by atoms with E-state index in [1.54, 1.807) is 23.7 Å². The molecule has 1 fully saturated rings. The van der Waals surface area contributed by atoms with Crippen LogP contribution in [-0.4, -0.2) is 47.9 Å². The first-order valence-corrected chi connectivity index (χ1v) is 9.77. The molecular formula is C18H22N6OS. The summed E-state index contributed by atoms with van der Waals surface area (Å²) in [5.74, 6) is 0.103. The van der Waals surface area contributed by atoms with Crippen LogP contribution in [0.5, 0.6) is 0 Å². The topological polar surface area (TPSA) is 68.8 Å². The summed E-state index contributed by atoms with van der Waals surface area (Å²) in [5.41, 5.74) is 2.75. The molecule has 0 N–H and O–H groups in total. The Hall–Kier alpha value is -2.48. The van der Waals surface area contributed by atoms with Crippen molar-refractivity contribution >= 4 is 17.2 Å². The fourth-order valence-corrected chi connectivity index (χ4v) is 4.51. The molecular weight excluding hydrogens is 348 g/mol. The Bertz CT molecular complexity index is 883. The Morgan fingerprint density at radius 3 is 2.92 bits per heavy atom. The van der Waals surface area contributed by atoms with Gasteiger partial charge in [-0.25, -0.2) is 4.98 Å².